The van der Waals surface area contributed by atoms with Crippen LogP contribution in [0.15, 0.2) is 42.5 Å². The number of likely N-dealkylation sites (N-methyl/N-ethyl adjacent to an activating group) is 1. The van der Waals surface area contributed by atoms with Gasteiger partial charge < -0.3 is 19.7 Å². The molecule has 0 spiro atoms. The fraction of sp³-hybridized carbons (Fsp3) is 0.381. The molecule has 5 nitrogen and oxygen atoms in total. The molecular formula is C21H28N2O3. The van der Waals surface area contributed by atoms with Gasteiger partial charge in [-0.2, -0.15) is 0 Å². The van der Waals surface area contributed by atoms with Crippen LogP contribution in [0.5, 0.6) is 11.5 Å². The molecule has 5 heteroatoms. The molecule has 0 aromatic heterocycles. The Labute approximate surface area is 155 Å². The smallest absolute Gasteiger partial charge is 0.225 e. The zero-order valence-corrected chi connectivity index (χ0v) is 16.0. The van der Waals surface area contributed by atoms with E-state index in [4.69, 9.17) is 9.47 Å². The number of carbonyl (C=O) groups excluding carboxylic acids is 1. The van der Waals surface area contributed by atoms with Crippen LogP contribution in [0.4, 0.5) is 5.69 Å². The Balaban J connectivity index is 1.76. The minimum Gasteiger partial charge on any atom is -0.493 e. The highest BCUT2D eigenvalue weighted by molar-refractivity contribution is 5.90. The molecule has 0 bridgehead atoms. The second-order valence-corrected chi connectivity index (χ2v) is 6.41. The SMILES string of the molecule is COc1ccc(CCN(C)CCC(=O)Nc2cccc(C)c2)cc1OC. The summed E-state index contributed by atoms with van der Waals surface area (Å²) in [6.07, 6.45) is 1.35. The molecule has 0 aliphatic rings. The number of carbonyl (C=O) groups is 1. The molecule has 1 amide bonds. The van der Waals surface area contributed by atoms with Crippen LogP contribution in [0.1, 0.15) is 17.5 Å². The van der Waals surface area contributed by atoms with Crippen LogP contribution in [0, 0.1) is 6.92 Å². The van der Waals surface area contributed by atoms with Crippen molar-refractivity contribution in [2.75, 3.05) is 39.7 Å². The van der Waals surface area contributed by atoms with Gasteiger partial charge in [-0.1, -0.05) is 18.2 Å². The number of benzene rings is 2. The van der Waals surface area contributed by atoms with Gasteiger partial charge in [0.05, 0.1) is 14.2 Å². The van der Waals surface area contributed by atoms with E-state index in [-0.39, 0.29) is 5.91 Å². The summed E-state index contributed by atoms with van der Waals surface area (Å²) >= 11 is 0. The number of ether oxygens (including phenoxy) is 2. The van der Waals surface area contributed by atoms with Gasteiger partial charge >= 0.3 is 0 Å². The van der Waals surface area contributed by atoms with Crippen molar-refractivity contribution < 1.29 is 14.3 Å². The van der Waals surface area contributed by atoms with Crippen molar-refractivity contribution >= 4 is 11.6 Å². The molecule has 0 fully saturated rings. The van der Waals surface area contributed by atoms with Gasteiger partial charge in [0.25, 0.3) is 0 Å². The highest BCUT2D eigenvalue weighted by Crippen LogP contribution is 2.27. The molecule has 1 N–H and O–H groups in total. The van der Waals surface area contributed by atoms with Crippen molar-refractivity contribution in [2.24, 2.45) is 0 Å². The van der Waals surface area contributed by atoms with E-state index in [1.165, 1.54) is 5.56 Å². The van der Waals surface area contributed by atoms with Crippen LogP contribution in [-0.2, 0) is 11.2 Å². The van der Waals surface area contributed by atoms with Gasteiger partial charge in [0.15, 0.2) is 11.5 Å². The van der Waals surface area contributed by atoms with Crippen molar-refractivity contribution in [3.8, 4) is 11.5 Å². The summed E-state index contributed by atoms with van der Waals surface area (Å²) in [6, 6.07) is 13.8. The molecule has 0 saturated carbocycles. The average molecular weight is 356 g/mol. The largest absolute Gasteiger partial charge is 0.493 e. The summed E-state index contributed by atoms with van der Waals surface area (Å²) in [6.45, 7) is 3.59. The predicted octanol–water partition coefficient (Wildman–Crippen LogP) is 3.52. The zero-order valence-electron chi connectivity index (χ0n) is 16.0. The molecule has 0 radical (unpaired) electrons. The Kier molecular flexibility index (Phi) is 7.48. The standard InChI is InChI=1S/C21H28N2O3/c1-16-6-5-7-18(14-16)22-21(24)11-13-23(2)12-10-17-8-9-19(25-3)20(15-17)26-4/h5-9,14-15H,10-13H2,1-4H3,(H,22,24). The Morgan fingerprint density at radius 2 is 1.81 bits per heavy atom. The monoisotopic (exact) mass is 356 g/mol. The number of rotatable bonds is 9. The van der Waals surface area contributed by atoms with Gasteiger partial charge in [0.2, 0.25) is 5.91 Å². The Bertz CT molecular complexity index is 731. The lowest BCUT2D eigenvalue weighted by atomic mass is 10.1. The molecule has 2 aromatic carbocycles. The predicted molar refractivity (Wildman–Crippen MR) is 105 cm³/mol. The molecule has 0 aliphatic heterocycles. The third kappa shape index (κ3) is 6.08. The van der Waals surface area contributed by atoms with E-state index in [1.807, 2.05) is 56.4 Å². The first kappa shape index (κ1) is 19.8. The third-order valence-corrected chi connectivity index (χ3v) is 4.25. The average Bonchev–Trinajstić information content (AvgIpc) is 2.64. The number of anilines is 1. The summed E-state index contributed by atoms with van der Waals surface area (Å²) < 4.78 is 10.6. The van der Waals surface area contributed by atoms with E-state index < -0.39 is 0 Å². The Morgan fingerprint density at radius 1 is 1.04 bits per heavy atom. The molecule has 2 aromatic rings. The van der Waals surface area contributed by atoms with Crippen LogP contribution in [0.25, 0.3) is 0 Å². The summed E-state index contributed by atoms with van der Waals surface area (Å²) in [7, 11) is 5.30. The topological polar surface area (TPSA) is 50.8 Å². The van der Waals surface area contributed by atoms with Crippen LogP contribution < -0.4 is 14.8 Å². The van der Waals surface area contributed by atoms with Gasteiger partial charge in [-0.15, -0.1) is 0 Å². The van der Waals surface area contributed by atoms with Gasteiger partial charge in [-0.25, -0.2) is 0 Å². The van der Waals surface area contributed by atoms with E-state index in [0.29, 0.717) is 13.0 Å². The van der Waals surface area contributed by atoms with E-state index in [1.54, 1.807) is 14.2 Å². The second kappa shape index (κ2) is 9.82. The molecular weight excluding hydrogens is 328 g/mol. The van der Waals surface area contributed by atoms with Crippen molar-refractivity contribution in [1.29, 1.82) is 0 Å². The van der Waals surface area contributed by atoms with Gasteiger partial charge in [0, 0.05) is 25.2 Å². The Hall–Kier alpha value is -2.53. The highest BCUT2D eigenvalue weighted by atomic mass is 16.5. The lowest BCUT2D eigenvalue weighted by molar-refractivity contribution is -0.116. The van der Waals surface area contributed by atoms with Gasteiger partial charge in [0.1, 0.15) is 0 Å². The maximum Gasteiger partial charge on any atom is 0.225 e. The molecule has 0 heterocycles. The zero-order chi connectivity index (χ0) is 18.9. The first-order valence-electron chi connectivity index (χ1n) is 8.78. The quantitative estimate of drug-likeness (QED) is 0.747. The van der Waals surface area contributed by atoms with Crippen LogP contribution >= 0.6 is 0 Å². The van der Waals surface area contributed by atoms with Crippen molar-refractivity contribution in [1.82, 2.24) is 4.90 Å². The molecule has 0 saturated heterocycles. The number of nitrogens with zero attached hydrogens (tertiary/aromatic N) is 1. The molecule has 140 valence electrons. The maximum absolute atomic E-state index is 12.1. The van der Waals surface area contributed by atoms with Crippen LogP contribution in [0.3, 0.4) is 0 Å². The molecule has 0 aliphatic carbocycles. The lowest BCUT2D eigenvalue weighted by Crippen LogP contribution is -2.26. The number of amides is 1. The number of hydrogen-bond acceptors (Lipinski definition) is 4. The summed E-state index contributed by atoms with van der Waals surface area (Å²) in [4.78, 5) is 14.2. The van der Waals surface area contributed by atoms with Gasteiger partial charge in [-0.05, 0) is 55.8 Å². The molecule has 2 rings (SSSR count). The van der Waals surface area contributed by atoms with E-state index >= 15 is 0 Å². The van der Waals surface area contributed by atoms with E-state index in [2.05, 4.69) is 10.2 Å². The minimum absolute atomic E-state index is 0.0357. The lowest BCUT2D eigenvalue weighted by Gasteiger charge is -2.17. The maximum atomic E-state index is 12.1. The molecule has 26 heavy (non-hydrogen) atoms. The molecule has 0 unspecified atom stereocenters. The number of hydrogen-bond donors (Lipinski definition) is 1. The fourth-order valence-electron chi connectivity index (χ4n) is 2.71. The normalized spacial score (nSPS) is 10.7. The number of aryl methyl sites for hydroxylation is 1. The van der Waals surface area contributed by atoms with Crippen LogP contribution in [0.2, 0.25) is 0 Å². The Morgan fingerprint density at radius 3 is 2.50 bits per heavy atom. The second-order valence-electron chi connectivity index (χ2n) is 6.41. The van der Waals surface area contributed by atoms with Crippen molar-refractivity contribution in [2.45, 2.75) is 19.8 Å². The first-order chi connectivity index (χ1) is 12.5. The summed E-state index contributed by atoms with van der Waals surface area (Å²) in [5.41, 5.74) is 3.16. The van der Waals surface area contributed by atoms with E-state index in [9.17, 15) is 4.79 Å². The fourth-order valence-corrected chi connectivity index (χ4v) is 2.71. The van der Waals surface area contributed by atoms with Crippen molar-refractivity contribution in [3.05, 3.63) is 53.6 Å². The highest BCUT2D eigenvalue weighted by Gasteiger charge is 2.08. The number of methoxy groups -OCH3 is 2. The number of nitrogens with one attached hydrogen (secondary N) is 1. The first-order valence-corrected chi connectivity index (χ1v) is 8.78. The molecule has 0 atom stereocenters. The third-order valence-electron chi connectivity index (χ3n) is 4.25. The summed E-state index contributed by atoms with van der Waals surface area (Å²) in [5, 5.41) is 2.94. The van der Waals surface area contributed by atoms with Crippen LogP contribution in [-0.4, -0.2) is 45.2 Å². The van der Waals surface area contributed by atoms with E-state index in [0.717, 1.165) is 35.7 Å². The van der Waals surface area contributed by atoms with Gasteiger partial charge in [-0.3, -0.25) is 4.79 Å². The summed E-state index contributed by atoms with van der Waals surface area (Å²) in [5.74, 6) is 1.51. The van der Waals surface area contributed by atoms with Crippen molar-refractivity contribution in [3.63, 3.8) is 0 Å². The minimum atomic E-state index is 0.0357.